The van der Waals surface area contributed by atoms with Crippen molar-refractivity contribution in [3.05, 3.63) is 29.3 Å². The number of amides is 2. The van der Waals surface area contributed by atoms with Crippen LogP contribution in [0, 0.1) is 6.92 Å². The molecule has 0 bridgehead atoms. The smallest absolute Gasteiger partial charge is 0.315 e. The van der Waals surface area contributed by atoms with Crippen LogP contribution in [0.1, 0.15) is 24.0 Å². The van der Waals surface area contributed by atoms with Crippen LogP contribution in [0.25, 0.3) is 0 Å². The van der Waals surface area contributed by atoms with Crippen LogP contribution in [-0.2, 0) is 11.0 Å². The number of alkyl halides is 3. The fourth-order valence-corrected chi connectivity index (χ4v) is 2.44. The van der Waals surface area contributed by atoms with E-state index in [1.165, 1.54) is 24.0 Å². The Morgan fingerprint density at radius 3 is 2.71 bits per heavy atom. The highest BCUT2D eigenvalue weighted by Crippen LogP contribution is 2.33. The fourth-order valence-electron chi connectivity index (χ4n) is 2.44. The maximum atomic E-state index is 12.7. The van der Waals surface area contributed by atoms with Crippen LogP contribution in [0.5, 0.6) is 0 Å². The van der Waals surface area contributed by atoms with Gasteiger partial charge in [-0.25, -0.2) is 4.79 Å². The van der Waals surface area contributed by atoms with Crippen molar-refractivity contribution in [1.82, 2.24) is 4.90 Å². The Labute approximate surface area is 119 Å². The van der Waals surface area contributed by atoms with Crippen LogP contribution in [-0.4, -0.2) is 29.8 Å². The molecule has 1 atom stereocenters. The number of halogens is 3. The number of urea groups is 1. The van der Waals surface area contributed by atoms with Crippen LogP contribution in [0.15, 0.2) is 18.2 Å². The highest BCUT2D eigenvalue weighted by molar-refractivity contribution is 5.91. The van der Waals surface area contributed by atoms with E-state index in [1.807, 2.05) is 0 Å². The molecule has 0 aliphatic carbocycles. The van der Waals surface area contributed by atoms with E-state index in [2.05, 4.69) is 5.32 Å². The number of likely N-dealkylation sites (tertiary alicyclic amines) is 1. The van der Waals surface area contributed by atoms with Crippen LogP contribution < -0.4 is 5.32 Å². The van der Waals surface area contributed by atoms with Gasteiger partial charge in [-0.1, -0.05) is 0 Å². The molecule has 0 unspecified atom stereocenters. The molecular formula is C14H15F3N2O2. The molecule has 1 aromatic carbocycles. The maximum absolute atomic E-state index is 12.7. The molecule has 2 amide bonds. The molecule has 0 radical (unpaired) electrons. The van der Waals surface area contributed by atoms with Crippen molar-refractivity contribution in [2.45, 2.75) is 32.0 Å². The molecule has 1 aliphatic rings. The van der Waals surface area contributed by atoms with Crippen LogP contribution >= 0.6 is 0 Å². The molecule has 0 saturated carbocycles. The average Bonchev–Trinajstić information content (AvgIpc) is 2.85. The fraction of sp³-hybridized carbons (Fsp3) is 0.429. The van der Waals surface area contributed by atoms with Gasteiger partial charge >= 0.3 is 12.2 Å². The minimum atomic E-state index is -4.41. The summed E-state index contributed by atoms with van der Waals surface area (Å²) in [6.07, 6.45) is -2.35. The molecular weight excluding hydrogens is 285 g/mol. The van der Waals surface area contributed by atoms with E-state index in [9.17, 15) is 22.8 Å². The van der Waals surface area contributed by atoms with Crippen molar-refractivity contribution < 1.29 is 22.8 Å². The number of benzene rings is 1. The van der Waals surface area contributed by atoms with Crippen LogP contribution in [0.4, 0.5) is 23.7 Å². The lowest BCUT2D eigenvalue weighted by atomic mass is 10.1. The quantitative estimate of drug-likeness (QED) is 0.853. The monoisotopic (exact) mass is 300 g/mol. The number of nitrogens with one attached hydrogen (secondary N) is 1. The van der Waals surface area contributed by atoms with E-state index in [0.29, 0.717) is 19.3 Å². The Hall–Kier alpha value is -2.05. The summed E-state index contributed by atoms with van der Waals surface area (Å²) in [5.74, 6) is 0. The Morgan fingerprint density at radius 1 is 1.43 bits per heavy atom. The van der Waals surface area contributed by atoms with Gasteiger partial charge in [0, 0.05) is 12.2 Å². The number of anilines is 1. The third-order valence-corrected chi connectivity index (χ3v) is 3.50. The number of hydrogen-bond acceptors (Lipinski definition) is 2. The molecule has 1 aliphatic heterocycles. The van der Waals surface area contributed by atoms with Crippen molar-refractivity contribution in [3.8, 4) is 0 Å². The number of aldehydes is 1. The van der Waals surface area contributed by atoms with E-state index in [1.54, 1.807) is 0 Å². The average molecular weight is 300 g/mol. The molecule has 0 aromatic heterocycles. The van der Waals surface area contributed by atoms with Crippen molar-refractivity contribution in [2.24, 2.45) is 0 Å². The summed E-state index contributed by atoms with van der Waals surface area (Å²) in [4.78, 5) is 24.2. The number of aryl methyl sites for hydroxylation is 1. The molecule has 114 valence electrons. The zero-order valence-electron chi connectivity index (χ0n) is 11.4. The Kier molecular flexibility index (Phi) is 4.20. The summed E-state index contributed by atoms with van der Waals surface area (Å²) in [6, 6.07) is 2.49. The van der Waals surface area contributed by atoms with E-state index in [-0.39, 0.29) is 11.3 Å². The molecule has 1 heterocycles. The molecule has 1 fully saturated rings. The molecule has 1 saturated heterocycles. The zero-order chi connectivity index (χ0) is 15.6. The van der Waals surface area contributed by atoms with Gasteiger partial charge in [0.15, 0.2) is 0 Å². The van der Waals surface area contributed by atoms with Gasteiger partial charge in [0.05, 0.1) is 11.6 Å². The minimum Gasteiger partial charge on any atom is -0.315 e. The van der Waals surface area contributed by atoms with E-state index < -0.39 is 23.8 Å². The largest absolute Gasteiger partial charge is 0.416 e. The molecule has 21 heavy (non-hydrogen) atoms. The Morgan fingerprint density at radius 2 is 2.14 bits per heavy atom. The first-order valence-electron chi connectivity index (χ1n) is 6.53. The number of nitrogens with zero attached hydrogens (tertiary/aromatic N) is 1. The molecule has 2 rings (SSSR count). The second-order valence-corrected chi connectivity index (χ2v) is 5.00. The third-order valence-electron chi connectivity index (χ3n) is 3.50. The predicted molar refractivity (Wildman–Crippen MR) is 71.0 cm³/mol. The van der Waals surface area contributed by atoms with Gasteiger partial charge in [-0.15, -0.1) is 0 Å². The lowest BCUT2D eigenvalue weighted by Crippen LogP contribution is -2.39. The molecule has 4 nitrogen and oxygen atoms in total. The lowest BCUT2D eigenvalue weighted by molar-refractivity contribution is -0.138. The van der Waals surface area contributed by atoms with Crippen LogP contribution in [0.2, 0.25) is 0 Å². The highest BCUT2D eigenvalue weighted by atomic mass is 19.4. The predicted octanol–water partition coefficient (Wildman–Crippen LogP) is 3.21. The first-order chi connectivity index (χ1) is 9.82. The summed E-state index contributed by atoms with van der Waals surface area (Å²) in [5.41, 5.74) is -0.414. The minimum absolute atomic E-state index is 0.0358. The summed E-state index contributed by atoms with van der Waals surface area (Å²) in [5, 5.41) is 2.53. The van der Waals surface area contributed by atoms with Crippen molar-refractivity contribution >= 4 is 18.0 Å². The lowest BCUT2D eigenvalue weighted by Gasteiger charge is -2.21. The SMILES string of the molecule is Cc1cc(NC(=O)N2CCC[C@@H]2C=O)ccc1C(F)(F)F. The highest BCUT2D eigenvalue weighted by Gasteiger charge is 2.32. The zero-order valence-corrected chi connectivity index (χ0v) is 11.4. The Balaban J connectivity index is 2.12. The van der Waals surface area contributed by atoms with Gasteiger partial charge < -0.3 is 15.0 Å². The normalized spacial score (nSPS) is 18.7. The number of rotatable bonds is 2. The standard InChI is InChI=1S/C14H15F3N2O2/c1-9-7-10(4-5-12(9)14(15,16)17)18-13(21)19-6-2-3-11(19)8-20/h4-5,7-8,11H,2-3,6H2,1H3,(H,18,21)/t11-/m1/s1. The molecule has 7 heteroatoms. The van der Waals surface area contributed by atoms with Gasteiger partial charge in [-0.3, -0.25) is 0 Å². The van der Waals surface area contributed by atoms with Crippen molar-refractivity contribution in [1.29, 1.82) is 0 Å². The first-order valence-corrected chi connectivity index (χ1v) is 6.53. The molecule has 0 spiro atoms. The van der Waals surface area contributed by atoms with Gasteiger partial charge in [0.1, 0.15) is 6.29 Å². The Bertz CT molecular complexity index is 558. The summed E-state index contributed by atoms with van der Waals surface area (Å²) >= 11 is 0. The van der Waals surface area contributed by atoms with E-state index in [4.69, 9.17) is 0 Å². The van der Waals surface area contributed by atoms with Gasteiger partial charge in [0.25, 0.3) is 0 Å². The van der Waals surface area contributed by atoms with E-state index >= 15 is 0 Å². The maximum Gasteiger partial charge on any atom is 0.416 e. The number of carbonyl (C=O) groups excluding carboxylic acids is 2. The second kappa shape index (κ2) is 5.75. The number of hydrogen-bond donors (Lipinski definition) is 1. The number of carbonyl (C=O) groups is 2. The molecule has 1 N–H and O–H groups in total. The summed E-state index contributed by atoms with van der Waals surface area (Å²) in [7, 11) is 0. The summed E-state index contributed by atoms with van der Waals surface area (Å²) in [6.45, 7) is 1.80. The van der Waals surface area contributed by atoms with Crippen LogP contribution in [0.3, 0.4) is 0 Å². The van der Waals surface area contributed by atoms with Gasteiger partial charge in [-0.05, 0) is 43.5 Å². The van der Waals surface area contributed by atoms with E-state index in [0.717, 1.165) is 12.5 Å². The molecule has 1 aromatic rings. The van der Waals surface area contributed by atoms with Crippen molar-refractivity contribution in [3.63, 3.8) is 0 Å². The van der Waals surface area contributed by atoms with Gasteiger partial charge in [-0.2, -0.15) is 13.2 Å². The topological polar surface area (TPSA) is 49.4 Å². The first kappa shape index (κ1) is 15.3. The second-order valence-electron chi connectivity index (χ2n) is 5.00. The third kappa shape index (κ3) is 3.34. The van der Waals surface area contributed by atoms with Gasteiger partial charge in [0.2, 0.25) is 0 Å². The summed E-state index contributed by atoms with van der Waals surface area (Å²) < 4.78 is 38.0. The van der Waals surface area contributed by atoms with Crippen molar-refractivity contribution in [2.75, 3.05) is 11.9 Å².